The van der Waals surface area contributed by atoms with Crippen molar-refractivity contribution in [2.75, 3.05) is 0 Å². The maximum atomic E-state index is 12.4. The zero-order valence-corrected chi connectivity index (χ0v) is 15.0. The fraction of sp³-hybridized carbons (Fsp3) is 0.250. The molecule has 0 saturated heterocycles. The first-order chi connectivity index (χ1) is 12.8. The van der Waals surface area contributed by atoms with E-state index in [0.717, 1.165) is 0 Å². The lowest BCUT2D eigenvalue weighted by atomic mass is 10.1. The van der Waals surface area contributed by atoms with Crippen molar-refractivity contribution in [1.29, 1.82) is 5.26 Å². The molecule has 0 aliphatic rings. The summed E-state index contributed by atoms with van der Waals surface area (Å²) in [6, 6.07) is 4.91. The van der Waals surface area contributed by atoms with Gasteiger partial charge in [0.1, 0.15) is 11.6 Å². The lowest BCUT2D eigenvalue weighted by Crippen LogP contribution is -2.10. The van der Waals surface area contributed by atoms with E-state index in [9.17, 15) is 18.4 Å². The van der Waals surface area contributed by atoms with Gasteiger partial charge in [-0.15, -0.1) is 0 Å². The first-order valence-corrected chi connectivity index (χ1v) is 8.35. The van der Waals surface area contributed by atoms with Crippen molar-refractivity contribution in [2.45, 2.75) is 25.6 Å². The number of benzene rings is 1. The zero-order valence-electron chi connectivity index (χ0n) is 13.5. The molecule has 140 valence electrons. The van der Waals surface area contributed by atoms with Gasteiger partial charge in [0, 0.05) is 18.4 Å². The van der Waals surface area contributed by atoms with E-state index in [4.69, 9.17) is 27.9 Å². The van der Waals surface area contributed by atoms with Crippen LogP contribution in [-0.2, 0) is 6.54 Å². The van der Waals surface area contributed by atoms with Crippen LogP contribution in [0.25, 0.3) is 10.9 Å². The Morgan fingerprint density at radius 3 is 2.52 bits per heavy atom. The second kappa shape index (κ2) is 7.58. The number of aromatic nitrogens is 4. The molecule has 0 atom stereocenters. The summed E-state index contributed by atoms with van der Waals surface area (Å²) >= 11 is 11.8. The van der Waals surface area contributed by atoms with E-state index >= 15 is 0 Å². The minimum atomic E-state index is -4.28. The number of rotatable bonds is 5. The average Bonchev–Trinajstić information content (AvgIpc) is 2.92. The minimum Gasteiger partial charge on any atom is -0.421 e. The van der Waals surface area contributed by atoms with Crippen LogP contribution >= 0.6 is 23.2 Å². The third-order valence-electron chi connectivity index (χ3n) is 3.56. The third-order valence-corrected chi connectivity index (χ3v) is 4.04. The molecule has 3 aromatic rings. The molecule has 0 amide bonds. The molecule has 0 saturated carbocycles. The highest BCUT2D eigenvalue weighted by atomic mass is 35.5. The predicted octanol–water partition coefficient (Wildman–Crippen LogP) is 5.14. The van der Waals surface area contributed by atoms with Gasteiger partial charge in [-0.2, -0.15) is 23.5 Å². The Hall–Kier alpha value is -2.57. The summed E-state index contributed by atoms with van der Waals surface area (Å²) in [4.78, 5) is 7.80. The zero-order chi connectivity index (χ0) is 19.6. The standard InChI is InChI=1S/C16H10Cl2F3N5O/c17-10-7-23-15(24-8-10)27-13-9(6-22)2-3-11-12(13)26(25-14(11)18)5-1-4-16(19,20)21/h2-3,7-8H,1,4-5H2. The molecule has 0 aliphatic carbocycles. The number of nitriles is 1. The Balaban J connectivity index is 2.04. The van der Waals surface area contributed by atoms with Gasteiger partial charge < -0.3 is 4.74 Å². The molecular weight excluding hydrogens is 406 g/mol. The first-order valence-electron chi connectivity index (χ1n) is 7.60. The first kappa shape index (κ1) is 19.2. The number of alkyl halides is 3. The Morgan fingerprint density at radius 2 is 1.89 bits per heavy atom. The highest BCUT2D eigenvalue weighted by molar-refractivity contribution is 6.34. The van der Waals surface area contributed by atoms with Gasteiger partial charge in [0.15, 0.2) is 10.9 Å². The van der Waals surface area contributed by atoms with Crippen LogP contribution in [-0.4, -0.2) is 25.9 Å². The average molecular weight is 416 g/mol. The number of fused-ring (bicyclic) bond motifs is 1. The van der Waals surface area contributed by atoms with Crippen LogP contribution < -0.4 is 4.74 Å². The van der Waals surface area contributed by atoms with Crippen LogP contribution in [0.5, 0.6) is 11.8 Å². The molecule has 0 radical (unpaired) electrons. The van der Waals surface area contributed by atoms with Crippen LogP contribution in [0.15, 0.2) is 24.5 Å². The highest BCUT2D eigenvalue weighted by Gasteiger charge is 2.27. The summed E-state index contributed by atoms with van der Waals surface area (Å²) in [5.41, 5.74) is 0.425. The molecule has 6 nitrogen and oxygen atoms in total. The number of nitrogens with zero attached hydrogens (tertiary/aromatic N) is 5. The van der Waals surface area contributed by atoms with Crippen molar-refractivity contribution in [2.24, 2.45) is 0 Å². The Bertz CT molecular complexity index is 1010. The summed E-state index contributed by atoms with van der Waals surface area (Å²) in [6.07, 6.45) is -2.83. The summed E-state index contributed by atoms with van der Waals surface area (Å²) in [5.74, 6) is 0.0590. The molecule has 0 fully saturated rings. The molecule has 1 aromatic carbocycles. The van der Waals surface area contributed by atoms with E-state index in [1.807, 2.05) is 6.07 Å². The third kappa shape index (κ3) is 4.40. The second-order valence-corrected chi connectivity index (χ2v) is 6.26. The number of aryl methyl sites for hydroxylation is 1. The lowest BCUT2D eigenvalue weighted by Gasteiger charge is -2.11. The fourth-order valence-corrected chi connectivity index (χ4v) is 2.77. The number of hydrogen-bond acceptors (Lipinski definition) is 5. The van der Waals surface area contributed by atoms with Gasteiger partial charge in [-0.25, -0.2) is 9.97 Å². The molecule has 0 unspecified atom stereocenters. The minimum absolute atomic E-state index is 0.0590. The molecule has 2 aromatic heterocycles. The molecule has 3 rings (SSSR count). The summed E-state index contributed by atoms with van der Waals surface area (Å²) < 4.78 is 44.2. The Morgan fingerprint density at radius 1 is 1.19 bits per heavy atom. The monoisotopic (exact) mass is 415 g/mol. The summed E-state index contributed by atoms with van der Waals surface area (Å²) in [5, 5.41) is 14.3. The smallest absolute Gasteiger partial charge is 0.389 e. The van der Waals surface area contributed by atoms with Crippen LogP contribution in [0.1, 0.15) is 18.4 Å². The Kier molecular flexibility index (Phi) is 5.39. The molecule has 0 N–H and O–H groups in total. The highest BCUT2D eigenvalue weighted by Crippen LogP contribution is 2.36. The quantitative estimate of drug-likeness (QED) is 0.576. The largest absolute Gasteiger partial charge is 0.421 e. The topological polar surface area (TPSA) is 76.6 Å². The van der Waals surface area contributed by atoms with Crippen LogP contribution in [0.2, 0.25) is 10.2 Å². The van der Waals surface area contributed by atoms with E-state index in [-0.39, 0.29) is 35.4 Å². The summed E-state index contributed by atoms with van der Waals surface area (Å²) in [6.45, 7) is -0.0601. The molecule has 0 bridgehead atoms. The lowest BCUT2D eigenvalue weighted by molar-refractivity contribution is -0.135. The number of ether oxygens (including phenoxy) is 1. The van der Waals surface area contributed by atoms with E-state index in [2.05, 4.69) is 15.1 Å². The van der Waals surface area contributed by atoms with Crippen LogP contribution in [0.4, 0.5) is 13.2 Å². The predicted molar refractivity (Wildman–Crippen MR) is 91.9 cm³/mol. The molecule has 0 spiro atoms. The van der Waals surface area contributed by atoms with Crippen molar-refractivity contribution in [3.63, 3.8) is 0 Å². The molecule has 27 heavy (non-hydrogen) atoms. The Labute approximate surface area is 161 Å². The molecule has 2 heterocycles. The van der Waals surface area contributed by atoms with Gasteiger partial charge in [-0.1, -0.05) is 23.2 Å². The van der Waals surface area contributed by atoms with Crippen LogP contribution in [0, 0.1) is 11.3 Å². The fourth-order valence-electron chi connectivity index (χ4n) is 2.43. The van der Waals surface area contributed by atoms with Gasteiger partial charge in [0.05, 0.1) is 23.0 Å². The second-order valence-electron chi connectivity index (χ2n) is 5.47. The van der Waals surface area contributed by atoms with Crippen molar-refractivity contribution < 1.29 is 17.9 Å². The maximum absolute atomic E-state index is 12.4. The number of hydrogen-bond donors (Lipinski definition) is 0. The normalized spacial score (nSPS) is 11.6. The van der Waals surface area contributed by atoms with Gasteiger partial charge in [0.2, 0.25) is 0 Å². The van der Waals surface area contributed by atoms with Gasteiger partial charge in [0.25, 0.3) is 0 Å². The van der Waals surface area contributed by atoms with E-state index in [0.29, 0.717) is 15.9 Å². The van der Waals surface area contributed by atoms with Crippen molar-refractivity contribution in [3.8, 4) is 17.8 Å². The summed E-state index contributed by atoms with van der Waals surface area (Å²) in [7, 11) is 0. The van der Waals surface area contributed by atoms with Gasteiger partial charge >= 0.3 is 12.2 Å². The molecular formula is C16H10Cl2F3N5O. The maximum Gasteiger partial charge on any atom is 0.389 e. The van der Waals surface area contributed by atoms with Gasteiger partial charge in [-0.05, 0) is 18.6 Å². The van der Waals surface area contributed by atoms with Crippen molar-refractivity contribution >= 4 is 34.1 Å². The van der Waals surface area contributed by atoms with Crippen molar-refractivity contribution in [3.05, 3.63) is 40.3 Å². The number of halogens is 5. The van der Waals surface area contributed by atoms with E-state index in [1.54, 1.807) is 6.07 Å². The van der Waals surface area contributed by atoms with Crippen LogP contribution in [0.3, 0.4) is 0 Å². The van der Waals surface area contributed by atoms with E-state index < -0.39 is 12.6 Å². The SMILES string of the molecule is N#Cc1ccc2c(Cl)nn(CCCC(F)(F)F)c2c1Oc1ncc(Cl)cn1. The van der Waals surface area contributed by atoms with Gasteiger partial charge in [-0.3, -0.25) is 4.68 Å². The molecule has 11 heteroatoms. The molecule has 0 aliphatic heterocycles. The van der Waals surface area contributed by atoms with Crippen molar-refractivity contribution in [1.82, 2.24) is 19.7 Å². The van der Waals surface area contributed by atoms with E-state index in [1.165, 1.54) is 23.1 Å².